The first kappa shape index (κ1) is 16.6. The number of aliphatic hydroxyl groups excluding tert-OH is 1. The summed E-state index contributed by atoms with van der Waals surface area (Å²) in [5.74, 6) is 0.372. The van der Waals surface area contributed by atoms with Gasteiger partial charge in [0.25, 0.3) is 0 Å². The number of methoxy groups -OCH3 is 1. The van der Waals surface area contributed by atoms with Gasteiger partial charge in [0.15, 0.2) is 0 Å². The third-order valence-electron chi connectivity index (χ3n) is 5.28. The van der Waals surface area contributed by atoms with Crippen LogP contribution in [0.1, 0.15) is 44.9 Å². The van der Waals surface area contributed by atoms with Gasteiger partial charge in [-0.2, -0.15) is 0 Å². The summed E-state index contributed by atoms with van der Waals surface area (Å²) in [7, 11) is 1.74. The molecule has 1 saturated carbocycles. The third-order valence-corrected chi connectivity index (χ3v) is 5.28. The Balaban J connectivity index is 1.77. The molecule has 2 fully saturated rings. The Morgan fingerprint density at radius 1 is 1.33 bits per heavy atom. The van der Waals surface area contributed by atoms with Gasteiger partial charge in [0.2, 0.25) is 0 Å². The highest BCUT2D eigenvalue weighted by Gasteiger charge is 2.34. The second kappa shape index (κ2) is 7.99. The highest BCUT2D eigenvalue weighted by atomic mass is 16.5. The summed E-state index contributed by atoms with van der Waals surface area (Å²) >= 11 is 0. The summed E-state index contributed by atoms with van der Waals surface area (Å²) in [5, 5.41) is 12.3. The van der Waals surface area contributed by atoms with Crippen molar-refractivity contribution < 1.29 is 14.6 Å². The molecule has 5 nitrogen and oxygen atoms in total. The lowest BCUT2D eigenvalue weighted by atomic mass is 9.83. The fourth-order valence-corrected chi connectivity index (χ4v) is 3.65. The third kappa shape index (κ3) is 4.58. The maximum absolute atomic E-state index is 12.3. The number of aliphatic hydroxyl groups is 1. The fraction of sp³-hybridized carbons (Fsp3) is 0.938. The number of likely N-dealkylation sites (tertiary alicyclic amines) is 1. The van der Waals surface area contributed by atoms with Crippen molar-refractivity contribution in [1.82, 2.24) is 10.2 Å². The van der Waals surface area contributed by atoms with Gasteiger partial charge in [0, 0.05) is 40.0 Å². The molecule has 2 N–H and O–H groups in total. The lowest BCUT2D eigenvalue weighted by molar-refractivity contribution is 0.123. The van der Waals surface area contributed by atoms with E-state index in [0.29, 0.717) is 5.92 Å². The standard InChI is InChI=1S/C16H30N2O3/c1-21-11-8-16(6-2-3-7-16)13-17-15(20)18-9-4-14(12-19)5-10-18/h14,19H,2-13H2,1H3,(H,17,20). The molecule has 0 spiro atoms. The Hall–Kier alpha value is -0.810. The number of amides is 2. The number of urea groups is 1. The first-order chi connectivity index (χ1) is 10.2. The summed E-state index contributed by atoms with van der Waals surface area (Å²) in [6.07, 6.45) is 7.79. The number of nitrogens with zero attached hydrogens (tertiary/aromatic N) is 1. The Morgan fingerprint density at radius 3 is 2.57 bits per heavy atom. The molecule has 21 heavy (non-hydrogen) atoms. The van der Waals surface area contributed by atoms with E-state index >= 15 is 0 Å². The van der Waals surface area contributed by atoms with Crippen LogP contribution in [0.25, 0.3) is 0 Å². The predicted molar refractivity (Wildman–Crippen MR) is 82.2 cm³/mol. The summed E-state index contributed by atoms with van der Waals surface area (Å²) in [5.41, 5.74) is 0.245. The average Bonchev–Trinajstić information content (AvgIpc) is 3.00. The normalized spacial score (nSPS) is 22.5. The van der Waals surface area contributed by atoms with E-state index in [1.807, 2.05) is 4.90 Å². The molecule has 2 rings (SSSR count). The van der Waals surface area contributed by atoms with Crippen LogP contribution >= 0.6 is 0 Å². The van der Waals surface area contributed by atoms with Crippen molar-refractivity contribution in [3.63, 3.8) is 0 Å². The molecule has 1 aliphatic heterocycles. The number of carbonyl (C=O) groups excluding carboxylic acids is 1. The lowest BCUT2D eigenvalue weighted by Gasteiger charge is -2.34. The lowest BCUT2D eigenvalue weighted by Crippen LogP contribution is -2.47. The SMILES string of the molecule is COCCC1(CNC(=O)N2CCC(CO)CC2)CCCC1. The molecular weight excluding hydrogens is 268 g/mol. The molecule has 0 bridgehead atoms. The minimum absolute atomic E-state index is 0.0649. The van der Waals surface area contributed by atoms with Crippen LogP contribution in [0.15, 0.2) is 0 Å². The van der Waals surface area contributed by atoms with E-state index in [2.05, 4.69) is 5.32 Å². The number of hydrogen-bond acceptors (Lipinski definition) is 3. The summed E-state index contributed by atoms with van der Waals surface area (Å²) in [4.78, 5) is 14.2. The molecule has 122 valence electrons. The van der Waals surface area contributed by atoms with Crippen LogP contribution in [0.3, 0.4) is 0 Å². The van der Waals surface area contributed by atoms with Crippen molar-refractivity contribution in [2.45, 2.75) is 44.9 Å². The average molecular weight is 298 g/mol. The molecule has 0 unspecified atom stereocenters. The van der Waals surface area contributed by atoms with Crippen LogP contribution < -0.4 is 5.32 Å². The first-order valence-corrected chi connectivity index (χ1v) is 8.32. The van der Waals surface area contributed by atoms with Gasteiger partial charge in [-0.15, -0.1) is 0 Å². The van der Waals surface area contributed by atoms with Crippen LogP contribution in [-0.2, 0) is 4.74 Å². The van der Waals surface area contributed by atoms with Crippen LogP contribution in [-0.4, -0.2) is 56.0 Å². The zero-order valence-electron chi connectivity index (χ0n) is 13.3. The van der Waals surface area contributed by atoms with Crippen LogP contribution in [0, 0.1) is 11.3 Å². The molecule has 0 aromatic heterocycles. The Kier molecular flexibility index (Phi) is 6.30. The molecule has 0 atom stereocenters. The molecule has 1 aliphatic carbocycles. The smallest absolute Gasteiger partial charge is 0.317 e. The van der Waals surface area contributed by atoms with Gasteiger partial charge in [0.05, 0.1) is 0 Å². The maximum Gasteiger partial charge on any atom is 0.317 e. The molecule has 2 aliphatic rings. The van der Waals surface area contributed by atoms with Crippen LogP contribution in [0.4, 0.5) is 4.79 Å². The van der Waals surface area contributed by atoms with E-state index < -0.39 is 0 Å². The van der Waals surface area contributed by atoms with Gasteiger partial charge >= 0.3 is 6.03 Å². The van der Waals surface area contributed by atoms with E-state index in [1.165, 1.54) is 25.7 Å². The largest absolute Gasteiger partial charge is 0.396 e. The number of piperidine rings is 1. The van der Waals surface area contributed by atoms with Crippen molar-refractivity contribution in [2.75, 3.05) is 40.0 Å². The highest BCUT2D eigenvalue weighted by Crippen LogP contribution is 2.40. The predicted octanol–water partition coefficient (Wildman–Crippen LogP) is 2.00. The Bertz CT molecular complexity index is 321. The summed E-state index contributed by atoms with van der Waals surface area (Å²) < 4.78 is 5.23. The Labute approximate surface area is 128 Å². The molecule has 1 heterocycles. The molecule has 1 saturated heterocycles. The van der Waals surface area contributed by atoms with Gasteiger partial charge in [-0.3, -0.25) is 0 Å². The van der Waals surface area contributed by atoms with E-state index in [4.69, 9.17) is 9.84 Å². The minimum Gasteiger partial charge on any atom is -0.396 e. The summed E-state index contributed by atoms with van der Waals surface area (Å²) in [6.45, 7) is 3.33. The van der Waals surface area contributed by atoms with Crippen LogP contribution in [0.2, 0.25) is 0 Å². The molecular formula is C16H30N2O3. The van der Waals surface area contributed by atoms with Crippen molar-refractivity contribution in [1.29, 1.82) is 0 Å². The molecule has 0 aromatic carbocycles. The number of carbonyl (C=O) groups is 1. The maximum atomic E-state index is 12.3. The first-order valence-electron chi connectivity index (χ1n) is 8.32. The van der Waals surface area contributed by atoms with E-state index in [9.17, 15) is 4.79 Å². The Morgan fingerprint density at radius 2 is 2.00 bits per heavy atom. The van der Waals surface area contributed by atoms with Gasteiger partial charge < -0.3 is 20.1 Å². The number of ether oxygens (including phenoxy) is 1. The van der Waals surface area contributed by atoms with Gasteiger partial charge in [-0.25, -0.2) is 4.79 Å². The van der Waals surface area contributed by atoms with E-state index in [-0.39, 0.29) is 18.1 Å². The summed E-state index contributed by atoms with van der Waals surface area (Å²) in [6, 6.07) is 0.0649. The molecule has 0 radical (unpaired) electrons. The van der Waals surface area contributed by atoms with Crippen molar-refractivity contribution in [2.24, 2.45) is 11.3 Å². The topological polar surface area (TPSA) is 61.8 Å². The van der Waals surface area contributed by atoms with Crippen molar-refractivity contribution >= 4 is 6.03 Å². The van der Waals surface area contributed by atoms with E-state index in [1.54, 1.807) is 7.11 Å². The van der Waals surface area contributed by atoms with Crippen molar-refractivity contribution in [3.05, 3.63) is 0 Å². The molecule has 2 amide bonds. The second-order valence-electron chi connectivity index (χ2n) is 6.72. The van der Waals surface area contributed by atoms with Gasteiger partial charge in [-0.05, 0) is 43.4 Å². The van der Waals surface area contributed by atoms with Gasteiger partial charge in [-0.1, -0.05) is 12.8 Å². The zero-order valence-corrected chi connectivity index (χ0v) is 13.3. The number of nitrogens with one attached hydrogen (secondary N) is 1. The number of rotatable bonds is 6. The van der Waals surface area contributed by atoms with E-state index in [0.717, 1.165) is 45.5 Å². The number of hydrogen-bond donors (Lipinski definition) is 2. The second-order valence-corrected chi connectivity index (χ2v) is 6.72. The van der Waals surface area contributed by atoms with Crippen LogP contribution in [0.5, 0.6) is 0 Å². The van der Waals surface area contributed by atoms with Gasteiger partial charge in [0.1, 0.15) is 0 Å². The molecule has 5 heteroatoms. The monoisotopic (exact) mass is 298 g/mol. The fourth-order valence-electron chi connectivity index (χ4n) is 3.65. The van der Waals surface area contributed by atoms with Crippen molar-refractivity contribution in [3.8, 4) is 0 Å². The molecule has 0 aromatic rings. The zero-order chi connectivity index (χ0) is 15.1. The minimum atomic E-state index is 0.0649. The highest BCUT2D eigenvalue weighted by molar-refractivity contribution is 5.74. The quantitative estimate of drug-likeness (QED) is 0.788.